The quantitative estimate of drug-likeness (QED) is 0.436. The zero-order chi connectivity index (χ0) is 26.3. The average Bonchev–Trinajstić information content (AvgIpc) is 3.44. The summed E-state index contributed by atoms with van der Waals surface area (Å²) < 4.78 is 6.12. The van der Waals surface area contributed by atoms with Crippen LogP contribution in [-0.4, -0.2) is 54.1 Å². The molecule has 5 rings (SSSR count). The van der Waals surface area contributed by atoms with Gasteiger partial charge in [-0.2, -0.15) is 5.26 Å². The van der Waals surface area contributed by atoms with E-state index in [9.17, 15) is 4.79 Å². The minimum absolute atomic E-state index is 0.0799. The lowest BCUT2D eigenvalue weighted by Gasteiger charge is -2.33. The lowest BCUT2D eigenvalue weighted by atomic mass is 10.0. The first kappa shape index (κ1) is 25.7. The van der Waals surface area contributed by atoms with Crippen molar-refractivity contribution in [2.24, 2.45) is 0 Å². The number of rotatable bonds is 7. The number of hydrogen-bond acceptors (Lipinski definition) is 7. The second-order valence-corrected chi connectivity index (χ2v) is 10.7. The van der Waals surface area contributed by atoms with Gasteiger partial charge in [-0.1, -0.05) is 35.6 Å². The van der Waals surface area contributed by atoms with Gasteiger partial charge in [0, 0.05) is 57.3 Å². The fraction of sp³-hybridized carbons (Fsp3) is 0.379. The van der Waals surface area contributed by atoms with Gasteiger partial charge in [0.05, 0.1) is 24.4 Å². The van der Waals surface area contributed by atoms with Crippen molar-refractivity contribution in [1.82, 2.24) is 15.2 Å². The van der Waals surface area contributed by atoms with E-state index in [1.807, 2.05) is 48.5 Å². The SMILES string of the molecule is [C-]#[N+]c1ccc(N2CCC(Oc3ncc(C(=O)NC4CCN(Cc5ccc(C#N)cc5)CC4)s3)CC2)cc1. The van der Waals surface area contributed by atoms with Crippen molar-refractivity contribution in [3.05, 3.63) is 82.1 Å². The van der Waals surface area contributed by atoms with Crippen molar-refractivity contribution in [1.29, 1.82) is 5.26 Å². The van der Waals surface area contributed by atoms with Crippen LogP contribution in [0.1, 0.15) is 46.5 Å². The van der Waals surface area contributed by atoms with Crippen LogP contribution in [0.2, 0.25) is 0 Å². The number of nitrogens with one attached hydrogen (secondary N) is 1. The molecule has 0 spiro atoms. The minimum Gasteiger partial charge on any atom is -0.467 e. The molecule has 194 valence electrons. The number of anilines is 1. The number of aromatic nitrogens is 1. The van der Waals surface area contributed by atoms with E-state index >= 15 is 0 Å². The molecule has 2 aromatic carbocycles. The Morgan fingerprint density at radius 2 is 1.79 bits per heavy atom. The van der Waals surface area contributed by atoms with E-state index in [0.717, 1.165) is 64.1 Å². The standard InChI is InChI=1S/C29H30N6O2S/c1-31-23-6-8-25(9-7-23)35-16-12-26(13-17-35)37-29-32-19-27(38-29)28(36)33-24-10-14-34(15-11-24)20-22-4-2-21(18-30)3-5-22/h2-9,19,24,26H,10-17,20H2,(H,33,36). The summed E-state index contributed by atoms with van der Waals surface area (Å²) in [7, 11) is 0. The normalized spacial score (nSPS) is 16.9. The van der Waals surface area contributed by atoms with Crippen LogP contribution in [-0.2, 0) is 6.54 Å². The van der Waals surface area contributed by atoms with Gasteiger partial charge >= 0.3 is 0 Å². The van der Waals surface area contributed by atoms with E-state index in [0.29, 0.717) is 21.3 Å². The molecule has 0 saturated carbocycles. The number of likely N-dealkylation sites (tertiary alicyclic amines) is 1. The molecule has 1 amide bonds. The molecule has 0 bridgehead atoms. The predicted octanol–water partition coefficient (Wildman–Crippen LogP) is 5.01. The molecule has 0 aliphatic carbocycles. The predicted molar refractivity (Wildman–Crippen MR) is 148 cm³/mol. The summed E-state index contributed by atoms with van der Waals surface area (Å²) in [5, 5.41) is 12.7. The van der Waals surface area contributed by atoms with Crippen molar-refractivity contribution < 1.29 is 9.53 Å². The number of thiazole rings is 1. The van der Waals surface area contributed by atoms with Gasteiger partial charge in [-0.05, 0) is 42.7 Å². The third-order valence-electron chi connectivity index (χ3n) is 7.17. The smallest absolute Gasteiger partial charge is 0.274 e. The van der Waals surface area contributed by atoms with Crippen LogP contribution in [0.3, 0.4) is 0 Å². The lowest BCUT2D eigenvalue weighted by molar-refractivity contribution is 0.0913. The number of ether oxygens (including phenoxy) is 1. The second-order valence-electron chi connectivity index (χ2n) is 9.76. The number of nitrogens with zero attached hydrogens (tertiary/aromatic N) is 5. The van der Waals surface area contributed by atoms with Gasteiger partial charge in [-0.15, -0.1) is 0 Å². The molecule has 2 fully saturated rings. The fourth-order valence-electron chi connectivity index (χ4n) is 4.96. The van der Waals surface area contributed by atoms with Crippen molar-refractivity contribution in [2.45, 2.75) is 44.4 Å². The Hall–Kier alpha value is -3.92. The fourth-order valence-corrected chi connectivity index (χ4v) is 5.70. The maximum absolute atomic E-state index is 12.8. The molecule has 3 aromatic rings. The van der Waals surface area contributed by atoms with Gasteiger partial charge in [0.25, 0.3) is 11.1 Å². The Bertz CT molecular complexity index is 1310. The summed E-state index contributed by atoms with van der Waals surface area (Å²) in [4.78, 5) is 25.9. The highest BCUT2D eigenvalue weighted by atomic mass is 32.1. The van der Waals surface area contributed by atoms with E-state index in [2.05, 4.69) is 31.0 Å². The topological polar surface area (TPSA) is 85.9 Å². The molecule has 2 saturated heterocycles. The molecule has 2 aliphatic rings. The van der Waals surface area contributed by atoms with Crippen LogP contribution in [0.15, 0.2) is 54.7 Å². The first-order valence-corrected chi connectivity index (χ1v) is 13.8. The summed E-state index contributed by atoms with van der Waals surface area (Å²) in [6.07, 6.45) is 5.27. The van der Waals surface area contributed by atoms with E-state index in [1.54, 1.807) is 6.20 Å². The Labute approximate surface area is 227 Å². The zero-order valence-corrected chi connectivity index (χ0v) is 22.0. The van der Waals surface area contributed by atoms with E-state index in [4.69, 9.17) is 16.6 Å². The first-order valence-electron chi connectivity index (χ1n) is 13.0. The molecule has 1 aromatic heterocycles. The largest absolute Gasteiger partial charge is 0.467 e. The number of piperidine rings is 2. The molecule has 0 unspecified atom stereocenters. The molecular weight excluding hydrogens is 496 g/mol. The Morgan fingerprint density at radius 1 is 1.08 bits per heavy atom. The summed E-state index contributed by atoms with van der Waals surface area (Å²) in [6.45, 7) is 11.6. The van der Waals surface area contributed by atoms with Crippen LogP contribution in [0, 0.1) is 17.9 Å². The lowest BCUT2D eigenvalue weighted by Crippen LogP contribution is -2.44. The number of carbonyl (C=O) groups excluding carboxylic acids is 1. The Balaban J connectivity index is 1.04. The molecule has 38 heavy (non-hydrogen) atoms. The minimum atomic E-state index is -0.0828. The number of amides is 1. The molecular formula is C29H30N6O2S. The maximum atomic E-state index is 12.8. The number of hydrogen-bond donors (Lipinski definition) is 1. The molecule has 0 atom stereocenters. The first-order chi connectivity index (χ1) is 18.6. The zero-order valence-electron chi connectivity index (χ0n) is 21.2. The van der Waals surface area contributed by atoms with Gasteiger partial charge in [0.1, 0.15) is 11.0 Å². The van der Waals surface area contributed by atoms with Crippen LogP contribution >= 0.6 is 11.3 Å². The van der Waals surface area contributed by atoms with Crippen LogP contribution in [0.4, 0.5) is 11.4 Å². The molecule has 2 aliphatic heterocycles. The molecule has 9 heteroatoms. The van der Waals surface area contributed by atoms with E-state index in [-0.39, 0.29) is 18.1 Å². The van der Waals surface area contributed by atoms with Crippen molar-refractivity contribution in [3.63, 3.8) is 0 Å². The van der Waals surface area contributed by atoms with E-state index < -0.39 is 0 Å². The number of carbonyl (C=O) groups is 1. The van der Waals surface area contributed by atoms with Gasteiger partial charge in [0.15, 0.2) is 5.69 Å². The van der Waals surface area contributed by atoms with Crippen LogP contribution < -0.4 is 15.0 Å². The number of nitriles is 1. The van der Waals surface area contributed by atoms with Crippen molar-refractivity contribution in [2.75, 3.05) is 31.1 Å². The van der Waals surface area contributed by atoms with Crippen molar-refractivity contribution in [3.8, 4) is 11.3 Å². The van der Waals surface area contributed by atoms with Crippen LogP contribution in [0.5, 0.6) is 5.19 Å². The van der Waals surface area contributed by atoms with Crippen LogP contribution in [0.25, 0.3) is 4.85 Å². The van der Waals surface area contributed by atoms with Gasteiger partial charge in [-0.3, -0.25) is 9.69 Å². The molecule has 1 N–H and O–H groups in total. The highest BCUT2D eigenvalue weighted by molar-refractivity contribution is 7.15. The van der Waals surface area contributed by atoms with Gasteiger partial charge in [0.2, 0.25) is 0 Å². The van der Waals surface area contributed by atoms with E-state index in [1.165, 1.54) is 16.9 Å². The monoisotopic (exact) mass is 526 g/mol. The highest BCUT2D eigenvalue weighted by Gasteiger charge is 2.24. The number of benzene rings is 2. The Morgan fingerprint density at radius 3 is 2.45 bits per heavy atom. The average molecular weight is 527 g/mol. The van der Waals surface area contributed by atoms with Crippen molar-refractivity contribution >= 4 is 28.6 Å². The summed E-state index contributed by atoms with van der Waals surface area (Å²) in [5.41, 5.74) is 3.66. The van der Waals surface area contributed by atoms with Gasteiger partial charge in [-0.25, -0.2) is 9.83 Å². The second kappa shape index (κ2) is 12.1. The molecule has 3 heterocycles. The third kappa shape index (κ3) is 6.49. The van der Waals surface area contributed by atoms with Gasteiger partial charge < -0.3 is 15.0 Å². The molecule has 8 nitrogen and oxygen atoms in total. The summed E-state index contributed by atoms with van der Waals surface area (Å²) in [6, 6.07) is 17.7. The highest BCUT2D eigenvalue weighted by Crippen LogP contribution is 2.27. The summed E-state index contributed by atoms with van der Waals surface area (Å²) in [5.74, 6) is -0.0828. The Kier molecular flexibility index (Phi) is 8.18. The third-order valence-corrected chi connectivity index (χ3v) is 8.06. The molecule has 0 radical (unpaired) electrons. The maximum Gasteiger partial charge on any atom is 0.274 e. The summed E-state index contributed by atoms with van der Waals surface area (Å²) >= 11 is 1.31.